The third kappa shape index (κ3) is 5.66. The molecule has 1 heterocycles. The Morgan fingerprint density at radius 2 is 1.68 bits per heavy atom. The Kier molecular flexibility index (Phi) is 6.81. The van der Waals surface area contributed by atoms with E-state index in [0.29, 0.717) is 10.6 Å². The molecule has 0 bridgehead atoms. The molecule has 0 saturated carbocycles. The van der Waals surface area contributed by atoms with E-state index in [9.17, 15) is 14.4 Å². The minimum Gasteiger partial charge on any atom is -0.326 e. The molecule has 1 aromatic carbocycles. The lowest BCUT2D eigenvalue weighted by molar-refractivity contribution is -0.121. The largest absolute Gasteiger partial charge is 0.326 e. The van der Waals surface area contributed by atoms with Crippen LogP contribution in [0.15, 0.2) is 30.3 Å². The zero-order valence-corrected chi connectivity index (χ0v) is 16.8. The average molecular weight is 400 g/mol. The van der Waals surface area contributed by atoms with Crippen LogP contribution in [0.4, 0.5) is 5.69 Å². The summed E-state index contributed by atoms with van der Waals surface area (Å²) < 4.78 is 0. The highest BCUT2D eigenvalue weighted by molar-refractivity contribution is 7.14. The van der Waals surface area contributed by atoms with Crippen molar-refractivity contribution in [2.75, 3.05) is 5.32 Å². The molecule has 3 rings (SSSR count). The Bertz CT molecular complexity index is 833. The van der Waals surface area contributed by atoms with Crippen LogP contribution in [0, 0.1) is 0 Å². The molecule has 3 amide bonds. The van der Waals surface area contributed by atoms with Gasteiger partial charge in [0, 0.05) is 17.5 Å². The molecule has 6 nitrogen and oxygen atoms in total. The van der Waals surface area contributed by atoms with Gasteiger partial charge in [-0.1, -0.05) is 25.0 Å². The molecule has 0 aliphatic heterocycles. The Morgan fingerprint density at radius 1 is 0.964 bits per heavy atom. The van der Waals surface area contributed by atoms with E-state index in [-0.39, 0.29) is 24.1 Å². The van der Waals surface area contributed by atoms with Crippen LogP contribution < -0.4 is 16.2 Å². The number of hydrazine groups is 1. The van der Waals surface area contributed by atoms with Gasteiger partial charge in [0.25, 0.3) is 5.91 Å². The minimum atomic E-state index is -0.296. The molecule has 148 valence electrons. The maximum Gasteiger partial charge on any atom is 0.279 e. The fourth-order valence-corrected chi connectivity index (χ4v) is 4.43. The van der Waals surface area contributed by atoms with Crippen LogP contribution in [-0.2, 0) is 28.9 Å². The van der Waals surface area contributed by atoms with Crippen LogP contribution in [0.1, 0.15) is 58.3 Å². The van der Waals surface area contributed by atoms with E-state index in [1.165, 1.54) is 54.4 Å². The smallest absolute Gasteiger partial charge is 0.279 e. The number of carbonyl (C=O) groups excluding carboxylic acids is 3. The normalized spacial score (nSPS) is 13.6. The quantitative estimate of drug-likeness (QED) is 0.689. The Morgan fingerprint density at radius 3 is 2.39 bits per heavy atom. The first-order valence-electron chi connectivity index (χ1n) is 9.58. The molecule has 0 saturated heterocycles. The molecule has 0 radical (unpaired) electrons. The zero-order valence-electron chi connectivity index (χ0n) is 16.0. The second kappa shape index (κ2) is 9.50. The molecule has 2 aromatic rings. The van der Waals surface area contributed by atoms with Crippen LogP contribution >= 0.6 is 11.3 Å². The van der Waals surface area contributed by atoms with Crippen LogP contribution in [0.2, 0.25) is 0 Å². The molecular weight excluding hydrogens is 374 g/mol. The van der Waals surface area contributed by atoms with Gasteiger partial charge in [0.15, 0.2) is 0 Å². The highest BCUT2D eigenvalue weighted by atomic mass is 32.1. The highest BCUT2D eigenvalue weighted by Crippen LogP contribution is 2.28. The third-order valence-corrected chi connectivity index (χ3v) is 5.91. The number of carbonyl (C=O) groups is 3. The van der Waals surface area contributed by atoms with Gasteiger partial charge >= 0.3 is 0 Å². The molecule has 28 heavy (non-hydrogen) atoms. The maximum atomic E-state index is 12.4. The number of thiophene rings is 1. The Balaban J connectivity index is 1.51. The summed E-state index contributed by atoms with van der Waals surface area (Å²) in [6.45, 7) is 1.44. The van der Waals surface area contributed by atoms with E-state index in [1.54, 1.807) is 24.3 Å². The SMILES string of the molecule is CC(=O)Nc1ccc(CC(=O)NNC(=O)c2cc3c(s2)CCCCCC3)cc1. The summed E-state index contributed by atoms with van der Waals surface area (Å²) in [5.41, 5.74) is 7.74. The lowest BCUT2D eigenvalue weighted by atomic mass is 10.00. The summed E-state index contributed by atoms with van der Waals surface area (Å²) in [5, 5.41) is 2.68. The second-order valence-electron chi connectivity index (χ2n) is 7.03. The van der Waals surface area contributed by atoms with Crippen LogP contribution in [0.3, 0.4) is 0 Å². The predicted octanol–water partition coefficient (Wildman–Crippen LogP) is 3.37. The standard InChI is InChI=1S/C21H25N3O3S/c1-14(25)22-17-10-8-15(9-11-17)12-20(26)23-24-21(27)19-13-16-6-4-2-3-5-7-18(16)28-19/h8-11,13H,2-7,12H2,1H3,(H,22,25)(H,23,26)(H,24,27). The number of hydrogen-bond donors (Lipinski definition) is 3. The molecule has 1 aromatic heterocycles. The van der Waals surface area contributed by atoms with Crippen LogP contribution in [0.25, 0.3) is 0 Å². The van der Waals surface area contributed by atoms with Crippen molar-refractivity contribution in [1.82, 2.24) is 10.9 Å². The molecule has 0 atom stereocenters. The van der Waals surface area contributed by atoms with Crippen molar-refractivity contribution in [2.24, 2.45) is 0 Å². The van der Waals surface area contributed by atoms with Crippen molar-refractivity contribution < 1.29 is 14.4 Å². The summed E-state index contributed by atoms with van der Waals surface area (Å²) >= 11 is 1.53. The Labute approximate surface area is 168 Å². The molecule has 3 N–H and O–H groups in total. The van der Waals surface area contributed by atoms with Gasteiger partial charge in [-0.15, -0.1) is 11.3 Å². The fourth-order valence-electron chi connectivity index (χ4n) is 3.28. The maximum absolute atomic E-state index is 12.4. The number of benzene rings is 1. The lowest BCUT2D eigenvalue weighted by Crippen LogP contribution is -2.42. The van der Waals surface area contributed by atoms with E-state index >= 15 is 0 Å². The van der Waals surface area contributed by atoms with E-state index < -0.39 is 0 Å². The van der Waals surface area contributed by atoms with Crippen molar-refractivity contribution in [3.8, 4) is 0 Å². The fraction of sp³-hybridized carbons (Fsp3) is 0.381. The Hall–Kier alpha value is -2.67. The minimum absolute atomic E-state index is 0.140. The van der Waals surface area contributed by atoms with Gasteiger partial charge in [-0.05, 0) is 55.0 Å². The summed E-state index contributed by atoms with van der Waals surface area (Å²) in [5.74, 6) is -0.712. The van der Waals surface area contributed by atoms with Gasteiger partial charge in [-0.3, -0.25) is 25.2 Å². The van der Waals surface area contributed by atoms with Crippen molar-refractivity contribution in [1.29, 1.82) is 0 Å². The van der Waals surface area contributed by atoms with Gasteiger partial charge < -0.3 is 5.32 Å². The summed E-state index contributed by atoms with van der Waals surface area (Å²) in [4.78, 5) is 37.5. The van der Waals surface area contributed by atoms with Gasteiger partial charge in [-0.2, -0.15) is 0 Å². The van der Waals surface area contributed by atoms with Crippen molar-refractivity contribution >= 4 is 34.7 Å². The zero-order chi connectivity index (χ0) is 19.9. The first-order valence-corrected chi connectivity index (χ1v) is 10.4. The molecular formula is C21H25N3O3S. The van der Waals surface area contributed by atoms with Gasteiger partial charge in [0.05, 0.1) is 11.3 Å². The van der Waals surface area contributed by atoms with Crippen molar-refractivity contribution in [3.63, 3.8) is 0 Å². The van der Waals surface area contributed by atoms with E-state index in [4.69, 9.17) is 0 Å². The molecule has 0 fully saturated rings. The number of amides is 3. The summed E-state index contributed by atoms with van der Waals surface area (Å²) in [7, 11) is 0. The lowest BCUT2D eigenvalue weighted by Gasteiger charge is -2.07. The summed E-state index contributed by atoms with van der Waals surface area (Å²) in [6.07, 6.45) is 7.04. The number of rotatable bonds is 4. The first kappa shape index (κ1) is 20.1. The number of anilines is 1. The first-order chi connectivity index (χ1) is 13.5. The van der Waals surface area contributed by atoms with Gasteiger partial charge in [-0.25, -0.2) is 0 Å². The highest BCUT2D eigenvalue weighted by Gasteiger charge is 2.16. The van der Waals surface area contributed by atoms with Crippen molar-refractivity contribution in [2.45, 2.75) is 51.9 Å². The average Bonchev–Trinajstić information content (AvgIpc) is 3.03. The van der Waals surface area contributed by atoms with Crippen LogP contribution in [0.5, 0.6) is 0 Å². The van der Waals surface area contributed by atoms with Gasteiger partial charge in [0.1, 0.15) is 0 Å². The predicted molar refractivity (Wildman–Crippen MR) is 110 cm³/mol. The monoisotopic (exact) mass is 399 g/mol. The number of aryl methyl sites for hydroxylation is 2. The van der Waals surface area contributed by atoms with Gasteiger partial charge in [0.2, 0.25) is 11.8 Å². The van der Waals surface area contributed by atoms with Crippen molar-refractivity contribution in [3.05, 3.63) is 51.2 Å². The number of hydrogen-bond acceptors (Lipinski definition) is 4. The third-order valence-electron chi connectivity index (χ3n) is 4.67. The topological polar surface area (TPSA) is 87.3 Å². The van der Waals surface area contributed by atoms with E-state index in [0.717, 1.165) is 18.4 Å². The molecule has 1 aliphatic carbocycles. The van der Waals surface area contributed by atoms with E-state index in [2.05, 4.69) is 16.2 Å². The molecule has 1 aliphatic rings. The summed E-state index contributed by atoms with van der Waals surface area (Å²) in [6, 6.07) is 8.99. The second-order valence-corrected chi connectivity index (χ2v) is 8.17. The van der Waals surface area contributed by atoms with Crippen LogP contribution in [-0.4, -0.2) is 17.7 Å². The number of fused-ring (bicyclic) bond motifs is 1. The van der Waals surface area contributed by atoms with E-state index in [1.807, 2.05) is 6.07 Å². The molecule has 0 unspecified atom stereocenters. The number of nitrogens with one attached hydrogen (secondary N) is 3. The molecule has 7 heteroatoms. The molecule has 0 spiro atoms.